The molecule has 1 heterocycles. The summed E-state index contributed by atoms with van der Waals surface area (Å²) in [6.45, 7) is 2.60. The van der Waals surface area contributed by atoms with Crippen molar-refractivity contribution in [3.63, 3.8) is 0 Å². The smallest absolute Gasteiger partial charge is 0.241 e. The molecule has 0 atom stereocenters. The van der Waals surface area contributed by atoms with Crippen LogP contribution in [0.1, 0.15) is 19.8 Å². The molecule has 1 aromatic rings. The Morgan fingerprint density at radius 2 is 2.21 bits per heavy atom. The van der Waals surface area contributed by atoms with Crippen molar-refractivity contribution in [2.24, 2.45) is 0 Å². The second-order valence-corrected chi connectivity index (χ2v) is 6.21. The molecular weight excluding hydrogens is 266 g/mol. The Hall–Kier alpha value is -1.18. The zero-order chi connectivity index (χ0) is 13.9. The van der Waals surface area contributed by atoms with Crippen LogP contribution in [0.3, 0.4) is 0 Å². The van der Waals surface area contributed by atoms with Gasteiger partial charge in [0.15, 0.2) is 0 Å². The first-order valence-electron chi connectivity index (χ1n) is 6.33. The number of nitrogens with one attached hydrogen (secondary N) is 2. The summed E-state index contributed by atoms with van der Waals surface area (Å²) < 4.78 is 32.4. The van der Waals surface area contributed by atoms with E-state index in [0.29, 0.717) is 12.4 Å². The Bertz CT molecular complexity index is 527. The zero-order valence-electron chi connectivity index (χ0n) is 11.1. The average molecular weight is 285 g/mol. The predicted molar refractivity (Wildman–Crippen MR) is 72.5 cm³/mol. The van der Waals surface area contributed by atoms with Gasteiger partial charge in [-0.25, -0.2) is 18.1 Å². The third-order valence-corrected chi connectivity index (χ3v) is 4.64. The molecule has 1 aliphatic rings. The fourth-order valence-corrected chi connectivity index (χ4v) is 3.31. The second-order valence-electron chi connectivity index (χ2n) is 4.49. The van der Waals surface area contributed by atoms with Crippen molar-refractivity contribution < 1.29 is 13.2 Å². The van der Waals surface area contributed by atoms with Crippen LogP contribution in [-0.4, -0.2) is 39.2 Å². The van der Waals surface area contributed by atoms with Crippen molar-refractivity contribution in [1.29, 1.82) is 0 Å². The van der Waals surface area contributed by atoms with E-state index in [1.807, 2.05) is 6.92 Å². The van der Waals surface area contributed by atoms with Gasteiger partial charge in [0.25, 0.3) is 0 Å². The molecule has 1 fully saturated rings. The molecule has 7 heteroatoms. The molecule has 0 radical (unpaired) electrons. The average Bonchev–Trinajstić information content (AvgIpc) is 2.36. The third-order valence-electron chi connectivity index (χ3n) is 3.12. The number of ether oxygens (including phenoxy) is 1. The highest BCUT2D eigenvalue weighted by atomic mass is 32.2. The number of hydrogen-bond acceptors (Lipinski definition) is 5. The summed E-state index contributed by atoms with van der Waals surface area (Å²) in [5.41, 5.74) is 0. The molecule has 0 unspecified atom stereocenters. The van der Waals surface area contributed by atoms with Gasteiger partial charge in [-0.2, -0.15) is 0 Å². The molecule has 19 heavy (non-hydrogen) atoms. The lowest BCUT2D eigenvalue weighted by Crippen LogP contribution is -2.47. The van der Waals surface area contributed by atoms with Gasteiger partial charge in [-0.05, 0) is 25.8 Å². The largest absolute Gasteiger partial charge is 0.378 e. The highest BCUT2D eigenvalue weighted by Gasteiger charge is 2.33. The summed E-state index contributed by atoms with van der Waals surface area (Å²) >= 11 is 0. The van der Waals surface area contributed by atoms with Gasteiger partial charge in [0.2, 0.25) is 10.0 Å². The van der Waals surface area contributed by atoms with E-state index >= 15 is 0 Å². The van der Waals surface area contributed by atoms with E-state index in [1.54, 1.807) is 7.05 Å². The third kappa shape index (κ3) is 3.43. The summed E-state index contributed by atoms with van der Waals surface area (Å²) in [5, 5.41) is 2.82. The zero-order valence-corrected chi connectivity index (χ0v) is 11.9. The first kappa shape index (κ1) is 14.2. The van der Waals surface area contributed by atoms with E-state index in [4.69, 9.17) is 4.74 Å². The van der Waals surface area contributed by atoms with Crippen molar-refractivity contribution >= 4 is 15.8 Å². The van der Waals surface area contributed by atoms with Gasteiger partial charge in [0.1, 0.15) is 5.82 Å². The molecule has 106 valence electrons. The fraction of sp³-hybridized carbons (Fsp3) is 0.583. The monoisotopic (exact) mass is 285 g/mol. The minimum absolute atomic E-state index is 0.0345. The molecule has 0 spiro atoms. The van der Waals surface area contributed by atoms with Crippen LogP contribution in [0.4, 0.5) is 5.82 Å². The van der Waals surface area contributed by atoms with Crippen molar-refractivity contribution in [3.05, 3.63) is 18.3 Å². The Morgan fingerprint density at radius 3 is 2.84 bits per heavy atom. The summed E-state index contributed by atoms with van der Waals surface area (Å²) in [6.07, 6.45) is 3.13. The molecule has 0 aliphatic heterocycles. The van der Waals surface area contributed by atoms with Crippen molar-refractivity contribution in [2.75, 3.05) is 19.0 Å². The number of anilines is 1. The van der Waals surface area contributed by atoms with Gasteiger partial charge < -0.3 is 10.1 Å². The molecule has 0 aromatic carbocycles. The predicted octanol–water partition coefficient (Wildman–Crippen LogP) is 0.969. The van der Waals surface area contributed by atoms with Crippen LogP contribution in [-0.2, 0) is 14.8 Å². The maximum absolute atomic E-state index is 12.2. The van der Waals surface area contributed by atoms with E-state index in [2.05, 4.69) is 15.0 Å². The van der Waals surface area contributed by atoms with Crippen molar-refractivity contribution in [2.45, 2.75) is 36.8 Å². The van der Waals surface area contributed by atoms with Crippen LogP contribution in [0, 0.1) is 0 Å². The summed E-state index contributed by atoms with van der Waals surface area (Å²) in [4.78, 5) is 4.23. The maximum Gasteiger partial charge on any atom is 0.241 e. The molecular formula is C12H19N3O3S. The van der Waals surface area contributed by atoms with Crippen LogP contribution in [0.5, 0.6) is 0 Å². The maximum atomic E-state index is 12.2. The normalized spacial score (nSPS) is 22.8. The first-order chi connectivity index (χ1) is 9.05. The Kier molecular flexibility index (Phi) is 4.38. The summed E-state index contributed by atoms with van der Waals surface area (Å²) in [5.74, 6) is 0.531. The van der Waals surface area contributed by atoms with Gasteiger partial charge >= 0.3 is 0 Å². The first-order valence-corrected chi connectivity index (χ1v) is 7.81. The van der Waals surface area contributed by atoms with Crippen LogP contribution < -0.4 is 10.0 Å². The van der Waals surface area contributed by atoms with Crippen LogP contribution >= 0.6 is 0 Å². The number of sulfonamides is 1. The van der Waals surface area contributed by atoms with Crippen LogP contribution in [0.15, 0.2) is 23.2 Å². The lowest BCUT2D eigenvalue weighted by atomic mass is 9.90. The molecule has 6 nitrogen and oxygen atoms in total. The van der Waals surface area contributed by atoms with Gasteiger partial charge in [0.05, 0.1) is 11.0 Å². The van der Waals surface area contributed by atoms with Crippen molar-refractivity contribution in [1.82, 2.24) is 9.71 Å². The number of nitrogens with zero attached hydrogens (tertiary/aromatic N) is 1. The molecule has 1 saturated carbocycles. The van der Waals surface area contributed by atoms with Gasteiger partial charge in [-0.15, -0.1) is 0 Å². The molecule has 1 aromatic heterocycles. The molecule has 0 saturated heterocycles. The number of pyridine rings is 1. The summed E-state index contributed by atoms with van der Waals surface area (Å²) in [7, 11) is -1.78. The van der Waals surface area contributed by atoms with Gasteiger partial charge in [-0.3, -0.25) is 0 Å². The summed E-state index contributed by atoms with van der Waals surface area (Å²) in [6, 6.07) is 2.97. The number of aromatic nitrogens is 1. The SMILES string of the molecule is CCOC1CC(NS(=O)(=O)c2ccnc(NC)c2)C1. The molecule has 2 N–H and O–H groups in total. The lowest BCUT2D eigenvalue weighted by molar-refractivity contribution is -0.00475. The Balaban J connectivity index is 1.99. The molecule has 0 amide bonds. The van der Waals surface area contributed by atoms with Crippen LogP contribution in [0.25, 0.3) is 0 Å². The Morgan fingerprint density at radius 1 is 1.47 bits per heavy atom. The minimum atomic E-state index is -3.48. The fourth-order valence-electron chi connectivity index (χ4n) is 2.04. The lowest BCUT2D eigenvalue weighted by Gasteiger charge is -2.35. The Labute approximate surface area is 113 Å². The van der Waals surface area contributed by atoms with E-state index in [0.717, 1.165) is 12.8 Å². The number of hydrogen-bond donors (Lipinski definition) is 2. The molecule has 1 aliphatic carbocycles. The highest BCUT2D eigenvalue weighted by molar-refractivity contribution is 7.89. The van der Waals surface area contributed by atoms with E-state index < -0.39 is 10.0 Å². The minimum Gasteiger partial charge on any atom is -0.378 e. The van der Waals surface area contributed by atoms with Gasteiger partial charge in [-0.1, -0.05) is 0 Å². The standard InChI is InChI=1S/C12H19N3O3S/c1-3-18-10-6-9(7-10)15-19(16,17)11-4-5-14-12(8-11)13-2/h4-5,8-10,15H,3,6-7H2,1-2H3,(H,13,14). The van der Waals surface area contributed by atoms with Crippen molar-refractivity contribution in [3.8, 4) is 0 Å². The quantitative estimate of drug-likeness (QED) is 0.814. The van der Waals surface area contributed by atoms with Crippen LogP contribution in [0.2, 0.25) is 0 Å². The number of rotatable bonds is 6. The second kappa shape index (κ2) is 5.85. The topological polar surface area (TPSA) is 80.3 Å². The molecule has 2 rings (SSSR count). The highest BCUT2D eigenvalue weighted by Crippen LogP contribution is 2.25. The van der Waals surface area contributed by atoms with Gasteiger partial charge in [0, 0.05) is 32.0 Å². The van der Waals surface area contributed by atoms with E-state index in [1.165, 1.54) is 18.3 Å². The van der Waals surface area contributed by atoms with E-state index in [-0.39, 0.29) is 17.0 Å². The molecule has 0 bridgehead atoms. The van der Waals surface area contributed by atoms with E-state index in [9.17, 15) is 8.42 Å².